The van der Waals surface area contributed by atoms with Gasteiger partial charge >= 0.3 is 225 Å². The van der Waals surface area contributed by atoms with Crippen molar-refractivity contribution in [1.82, 2.24) is 0 Å². The Kier molecular flexibility index (Phi) is 6.11. The minimum atomic E-state index is -3.64. The summed E-state index contributed by atoms with van der Waals surface area (Å²) < 4.78 is 7.88. The van der Waals surface area contributed by atoms with E-state index in [0.717, 1.165) is 27.6 Å². The molecular weight excluding hydrogens is 483 g/mol. The Morgan fingerprint density at radius 2 is 0.974 bits per heavy atom. The molecule has 0 amide bonds. The predicted octanol–water partition coefficient (Wildman–Crippen LogP) is 6.88. The van der Waals surface area contributed by atoms with Gasteiger partial charge in [0.05, 0.1) is 0 Å². The molecule has 0 bridgehead atoms. The second-order valence-electron chi connectivity index (χ2n) is 10.2. The molecule has 0 radical (unpaired) electrons. The molecule has 0 unspecified atom stereocenters. The first kappa shape index (κ1) is 24.5. The summed E-state index contributed by atoms with van der Waals surface area (Å²) in [5.41, 5.74) is 0.397. The van der Waals surface area contributed by atoms with E-state index in [1.807, 2.05) is 66.7 Å². The molecule has 0 saturated carbocycles. The van der Waals surface area contributed by atoms with Gasteiger partial charge in [-0.1, -0.05) is 0 Å². The molecule has 5 aromatic rings. The van der Waals surface area contributed by atoms with E-state index in [4.69, 9.17) is 4.52 Å². The van der Waals surface area contributed by atoms with Gasteiger partial charge in [-0.25, -0.2) is 0 Å². The van der Waals surface area contributed by atoms with E-state index in [1.54, 1.807) is 0 Å². The molecule has 1 aliphatic heterocycles. The first-order valence-corrected chi connectivity index (χ1v) is 15.5. The maximum absolute atomic E-state index is 14.8. The summed E-state index contributed by atoms with van der Waals surface area (Å²) in [6.45, 7) is -1.45. The molecule has 0 N–H and O–H groups in total. The van der Waals surface area contributed by atoms with Gasteiger partial charge in [0.2, 0.25) is 0 Å². The number of carbonyl (C=O) groups is 1. The maximum atomic E-state index is 14.8. The van der Waals surface area contributed by atoms with Crippen LogP contribution in [0.4, 0.5) is 0 Å². The average Bonchev–Trinajstić information content (AvgIpc) is 3.31. The number of Topliss-reactive ketones (excluding diaryl/α,β-unsaturated/α-hetero) is 1. The Balaban J connectivity index is 1.75. The molecule has 0 aromatic heterocycles. The number of benzene rings is 5. The molecule has 5 aromatic carbocycles. The zero-order valence-corrected chi connectivity index (χ0v) is 22.4. The van der Waals surface area contributed by atoms with Gasteiger partial charge < -0.3 is 0 Å². The number of rotatable bonds is 6. The molecule has 38 heavy (non-hydrogen) atoms. The van der Waals surface area contributed by atoms with Gasteiger partial charge in [0.25, 0.3) is 0 Å². The molecule has 3 heteroatoms. The summed E-state index contributed by atoms with van der Waals surface area (Å²) in [5, 5.41) is 3.42. The van der Waals surface area contributed by atoms with Gasteiger partial charge in [0.15, 0.2) is 0 Å². The molecule has 0 aliphatic carbocycles. The Hall–Kier alpha value is -3.84. The number of carbonyl (C=O) groups excluding carboxylic acids is 1. The molecule has 1 fully saturated rings. The van der Waals surface area contributed by atoms with Gasteiger partial charge in [-0.3, -0.25) is 0 Å². The van der Waals surface area contributed by atoms with E-state index in [1.165, 1.54) is 0 Å². The minimum absolute atomic E-state index is 0.00564. The topological polar surface area (TPSA) is 26.3 Å². The Morgan fingerprint density at radius 1 is 0.605 bits per heavy atom. The van der Waals surface area contributed by atoms with Crippen molar-refractivity contribution in [3.8, 4) is 0 Å². The van der Waals surface area contributed by atoms with Crippen molar-refractivity contribution in [2.75, 3.05) is 6.16 Å². The third-order valence-corrected chi connectivity index (χ3v) is 14.3. The third kappa shape index (κ3) is 3.45. The normalized spacial score (nSPS) is 22.7. The first-order chi connectivity index (χ1) is 18.6. The fourth-order valence-electron chi connectivity index (χ4n) is 6.47. The van der Waals surface area contributed by atoms with Crippen LogP contribution in [0.15, 0.2) is 152 Å². The van der Waals surface area contributed by atoms with E-state index in [0.29, 0.717) is 5.56 Å². The predicted molar refractivity (Wildman–Crippen MR) is 159 cm³/mol. The standard InChI is InChI=1S/C35H31O2P/c1-28-27-38(31-21-11-4-12-22-31,32-23-13-5-14-24-32,33-25-15-6-16-26-33)37-35(28,30-19-9-3-10-20-30)34(36)29-17-7-2-8-18-29/h2-26,28H,27H2,1H3/t28-,35+/m1/s1. The van der Waals surface area contributed by atoms with Crippen molar-refractivity contribution in [2.45, 2.75) is 12.5 Å². The van der Waals surface area contributed by atoms with Crippen molar-refractivity contribution in [3.63, 3.8) is 0 Å². The van der Waals surface area contributed by atoms with Crippen LogP contribution in [-0.4, -0.2) is 11.9 Å². The Bertz CT molecular complexity index is 1440. The summed E-state index contributed by atoms with van der Waals surface area (Å²) in [7, 11) is 0. The molecule has 6 rings (SSSR count). The van der Waals surface area contributed by atoms with E-state index in [-0.39, 0.29) is 11.7 Å². The Labute approximate surface area is 225 Å². The molecule has 2 atom stereocenters. The fraction of sp³-hybridized carbons (Fsp3) is 0.114. The zero-order chi connectivity index (χ0) is 26.1. The average molecular weight is 515 g/mol. The van der Waals surface area contributed by atoms with E-state index < -0.39 is 12.4 Å². The van der Waals surface area contributed by atoms with Crippen LogP contribution < -0.4 is 15.9 Å². The second-order valence-corrected chi connectivity index (χ2v) is 14.7. The van der Waals surface area contributed by atoms with Gasteiger partial charge in [-0.05, 0) is 0 Å². The molecule has 2 nitrogen and oxygen atoms in total. The summed E-state index contributed by atoms with van der Waals surface area (Å²) >= 11 is 0. The van der Waals surface area contributed by atoms with Crippen molar-refractivity contribution in [2.24, 2.45) is 5.92 Å². The molecule has 1 heterocycles. The van der Waals surface area contributed by atoms with Crippen LogP contribution in [0, 0.1) is 5.92 Å². The quantitative estimate of drug-likeness (QED) is 0.182. The SMILES string of the molecule is C[C@@H]1CP(c2ccccc2)(c2ccccc2)(c2ccccc2)O[C@]1(C(=O)c1ccccc1)c1ccccc1. The van der Waals surface area contributed by atoms with Crippen LogP contribution in [0.1, 0.15) is 22.8 Å². The van der Waals surface area contributed by atoms with Crippen LogP contribution in [0.2, 0.25) is 0 Å². The summed E-state index contributed by atoms with van der Waals surface area (Å²) in [6, 6.07) is 51.6. The summed E-state index contributed by atoms with van der Waals surface area (Å²) in [5.74, 6) is -0.0954. The number of hydrogen-bond acceptors (Lipinski definition) is 2. The number of hydrogen-bond donors (Lipinski definition) is 0. The van der Waals surface area contributed by atoms with Crippen molar-refractivity contribution in [1.29, 1.82) is 0 Å². The Morgan fingerprint density at radius 3 is 1.39 bits per heavy atom. The second kappa shape index (κ2) is 9.48. The van der Waals surface area contributed by atoms with Crippen molar-refractivity contribution in [3.05, 3.63) is 163 Å². The van der Waals surface area contributed by atoms with Gasteiger partial charge in [0.1, 0.15) is 0 Å². The van der Waals surface area contributed by atoms with Crippen LogP contribution in [0.5, 0.6) is 0 Å². The monoisotopic (exact) mass is 514 g/mol. The summed E-state index contributed by atoms with van der Waals surface area (Å²) in [4.78, 5) is 14.8. The molecule has 1 aliphatic rings. The van der Waals surface area contributed by atoms with E-state index >= 15 is 0 Å². The van der Waals surface area contributed by atoms with Crippen molar-refractivity contribution >= 4 is 28.5 Å². The van der Waals surface area contributed by atoms with Gasteiger partial charge in [-0.2, -0.15) is 0 Å². The first-order valence-electron chi connectivity index (χ1n) is 13.2. The van der Waals surface area contributed by atoms with Crippen LogP contribution in [-0.2, 0) is 10.1 Å². The van der Waals surface area contributed by atoms with E-state index in [9.17, 15) is 4.79 Å². The van der Waals surface area contributed by atoms with E-state index in [2.05, 4.69) is 91.9 Å². The van der Waals surface area contributed by atoms with Crippen molar-refractivity contribution < 1.29 is 9.32 Å². The van der Waals surface area contributed by atoms with Crippen LogP contribution in [0.25, 0.3) is 0 Å². The molecule has 0 spiro atoms. The zero-order valence-electron chi connectivity index (χ0n) is 21.5. The van der Waals surface area contributed by atoms with Crippen LogP contribution >= 0.6 is 6.83 Å². The van der Waals surface area contributed by atoms with Crippen LogP contribution in [0.3, 0.4) is 0 Å². The third-order valence-electron chi connectivity index (χ3n) is 8.14. The van der Waals surface area contributed by atoms with Gasteiger partial charge in [0, 0.05) is 0 Å². The summed E-state index contributed by atoms with van der Waals surface area (Å²) in [6.07, 6.45) is 0.719. The fourth-order valence-corrected chi connectivity index (χ4v) is 13.1. The molecular formula is C35H31O2P. The number of ketones is 1. The van der Waals surface area contributed by atoms with Gasteiger partial charge in [-0.15, -0.1) is 0 Å². The molecule has 188 valence electrons. The molecule has 1 saturated heterocycles.